The molecule has 0 bridgehead atoms. The van der Waals surface area contributed by atoms with Crippen LogP contribution < -0.4 is 5.32 Å². The zero-order valence-corrected chi connectivity index (χ0v) is 13.6. The molecule has 0 aliphatic heterocycles. The highest BCUT2D eigenvalue weighted by molar-refractivity contribution is 5.32. The molecule has 0 amide bonds. The quantitative estimate of drug-likeness (QED) is 0.775. The largest absolute Gasteiger partial charge is 0.309 e. The SMILES string of the molecule is CCCN(CC(NCC)c1ccc(C)c(C)c1)C1CC1. The maximum absolute atomic E-state index is 3.68. The molecule has 2 nitrogen and oxygen atoms in total. The van der Waals surface area contributed by atoms with Crippen LogP contribution in [0.3, 0.4) is 0 Å². The average molecular weight is 274 g/mol. The van der Waals surface area contributed by atoms with Gasteiger partial charge in [0.05, 0.1) is 0 Å². The third-order valence-electron chi connectivity index (χ3n) is 4.38. The van der Waals surface area contributed by atoms with Crippen LogP contribution in [0.15, 0.2) is 18.2 Å². The molecule has 0 saturated heterocycles. The summed E-state index contributed by atoms with van der Waals surface area (Å²) in [6.07, 6.45) is 4.04. The van der Waals surface area contributed by atoms with Gasteiger partial charge in [-0.3, -0.25) is 4.90 Å². The average Bonchev–Trinajstić information content (AvgIpc) is 3.25. The maximum Gasteiger partial charge on any atom is 0.0449 e. The second-order valence-corrected chi connectivity index (χ2v) is 6.18. The fourth-order valence-corrected chi connectivity index (χ4v) is 2.90. The third-order valence-corrected chi connectivity index (χ3v) is 4.38. The van der Waals surface area contributed by atoms with Gasteiger partial charge in [-0.05, 0) is 62.9 Å². The number of hydrogen-bond acceptors (Lipinski definition) is 2. The minimum atomic E-state index is 0.464. The summed E-state index contributed by atoms with van der Waals surface area (Å²) >= 11 is 0. The summed E-state index contributed by atoms with van der Waals surface area (Å²) < 4.78 is 0. The van der Waals surface area contributed by atoms with Gasteiger partial charge in [0, 0.05) is 18.6 Å². The number of nitrogens with zero attached hydrogens (tertiary/aromatic N) is 1. The standard InChI is InChI=1S/C18H30N2/c1-5-11-20(17-9-10-17)13-18(19-6-2)16-8-7-14(3)15(4)12-16/h7-8,12,17-19H,5-6,9-11,13H2,1-4H3. The summed E-state index contributed by atoms with van der Waals surface area (Å²) in [5.41, 5.74) is 4.23. The van der Waals surface area contributed by atoms with Crippen molar-refractivity contribution < 1.29 is 0 Å². The Bertz CT molecular complexity index is 423. The van der Waals surface area contributed by atoms with E-state index in [0.717, 1.165) is 19.1 Å². The van der Waals surface area contributed by atoms with E-state index in [4.69, 9.17) is 0 Å². The lowest BCUT2D eigenvalue weighted by molar-refractivity contribution is 0.234. The normalized spacial score (nSPS) is 16.6. The second-order valence-electron chi connectivity index (χ2n) is 6.18. The highest BCUT2D eigenvalue weighted by Gasteiger charge is 2.30. The first-order valence-corrected chi connectivity index (χ1v) is 8.20. The molecular weight excluding hydrogens is 244 g/mol. The first-order valence-electron chi connectivity index (χ1n) is 8.20. The van der Waals surface area contributed by atoms with Crippen LogP contribution >= 0.6 is 0 Å². The third kappa shape index (κ3) is 4.07. The fraction of sp³-hybridized carbons (Fsp3) is 0.667. The smallest absolute Gasteiger partial charge is 0.0449 e. The van der Waals surface area contributed by atoms with Gasteiger partial charge < -0.3 is 5.32 Å². The summed E-state index contributed by atoms with van der Waals surface area (Å²) in [5.74, 6) is 0. The first kappa shape index (κ1) is 15.5. The molecule has 1 unspecified atom stereocenters. The van der Waals surface area contributed by atoms with E-state index in [0.29, 0.717) is 6.04 Å². The molecule has 1 atom stereocenters. The van der Waals surface area contributed by atoms with Crippen LogP contribution in [-0.4, -0.2) is 30.6 Å². The van der Waals surface area contributed by atoms with E-state index < -0.39 is 0 Å². The van der Waals surface area contributed by atoms with Gasteiger partial charge in [0.25, 0.3) is 0 Å². The maximum atomic E-state index is 3.68. The summed E-state index contributed by atoms with van der Waals surface area (Å²) in [6.45, 7) is 12.3. The molecular formula is C18H30N2. The van der Waals surface area contributed by atoms with Crippen LogP contribution in [0.1, 0.15) is 55.8 Å². The molecule has 0 spiro atoms. The van der Waals surface area contributed by atoms with Crippen molar-refractivity contribution in [1.29, 1.82) is 0 Å². The van der Waals surface area contributed by atoms with Crippen molar-refractivity contribution in [1.82, 2.24) is 10.2 Å². The van der Waals surface area contributed by atoms with Crippen LogP contribution in [0.5, 0.6) is 0 Å². The molecule has 1 aliphatic rings. The minimum absolute atomic E-state index is 0.464. The number of benzene rings is 1. The Labute approximate surface area is 124 Å². The van der Waals surface area contributed by atoms with E-state index in [1.807, 2.05) is 0 Å². The monoisotopic (exact) mass is 274 g/mol. The second kappa shape index (κ2) is 7.24. The van der Waals surface area contributed by atoms with Gasteiger partial charge in [0.15, 0.2) is 0 Å². The Morgan fingerprint density at radius 1 is 1.20 bits per heavy atom. The molecule has 1 aromatic rings. The van der Waals surface area contributed by atoms with E-state index in [9.17, 15) is 0 Å². The van der Waals surface area contributed by atoms with E-state index in [1.165, 1.54) is 42.5 Å². The molecule has 20 heavy (non-hydrogen) atoms. The van der Waals surface area contributed by atoms with E-state index >= 15 is 0 Å². The van der Waals surface area contributed by atoms with E-state index in [-0.39, 0.29) is 0 Å². The lowest BCUT2D eigenvalue weighted by Crippen LogP contribution is -2.37. The Morgan fingerprint density at radius 2 is 1.95 bits per heavy atom. The molecule has 1 aliphatic carbocycles. The van der Waals surface area contributed by atoms with Gasteiger partial charge in [-0.25, -0.2) is 0 Å². The number of rotatable bonds is 8. The molecule has 0 radical (unpaired) electrons. The molecule has 112 valence electrons. The van der Waals surface area contributed by atoms with E-state index in [1.54, 1.807) is 0 Å². The van der Waals surface area contributed by atoms with Crippen LogP contribution in [-0.2, 0) is 0 Å². The Hall–Kier alpha value is -0.860. The molecule has 1 saturated carbocycles. The zero-order chi connectivity index (χ0) is 14.5. The van der Waals surface area contributed by atoms with Gasteiger partial charge in [0.1, 0.15) is 0 Å². The van der Waals surface area contributed by atoms with Gasteiger partial charge >= 0.3 is 0 Å². The molecule has 2 heteroatoms. The van der Waals surface area contributed by atoms with Gasteiger partial charge in [-0.1, -0.05) is 32.0 Å². The van der Waals surface area contributed by atoms with Gasteiger partial charge in [0.2, 0.25) is 0 Å². The molecule has 1 aromatic carbocycles. The number of likely N-dealkylation sites (N-methyl/N-ethyl adjacent to an activating group) is 1. The highest BCUT2D eigenvalue weighted by atomic mass is 15.2. The molecule has 0 aromatic heterocycles. The van der Waals surface area contributed by atoms with Crippen LogP contribution in [0.25, 0.3) is 0 Å². The Morgan fingerprint density at radius 3 is 2.50 bits per heavy atom. The van der Waals surface area contributed by atoms with Crippen molar-refractivity contribution in [2.75, 3.05) is 19.6 Å². The van der Waals surface area contributed by atoms with Crippen LogP contribution in [0, 0.1) is 13.8 Å². The highest BCUT2D eigenvalue weighted by Crippen LogP contribution is 2.29. The van der Waals surface area contributed by atoms with Crippen molar-refractivity contribution in [3.05, 3.63) is 34.9 Å². The lowest BCUT2D eigenvalue weighted by atomic mass is 10.0. The zero-order valence-electron chi connectivity index (χ0n) is 13.6. The molecule has 2 rings (SSSR count). The predicted molar refractivity (Wildman–Crippen MR) is 87.2 cm³/mol. The number of hydrogen-bond donors (Lipinski definition) is 1. The van der Waals surface area contributed by atoms with Crippen molar-refractivity contribution >= 4 is 0 Å². The van der Waals surface area contributed by atoms with Crippen molar-refractivity contribution in [3.8, 4) is 0 Å². The van der Waals surface area contributed by atoms with Crippen LogP contribution in [0.4, 0.5) is 0 Å². The predicted octanol–water partition coefficient (Wildman–Crippen LogP) is 3.83. The first-order chi connectivity index (χ1) is 9.65. The topological polar surface area (TPSA) is 15.3 Å². The molecule has 1 fully saturated rings. The number of nitrogens with one attached hydrogen (secondary N) is 1. The Kier molecular flexibility index (Phi) is 5.62. The van der Waals surface area contributed by atoms with Crippen molar-refractivity contribution in [2.24, 2.45) is 0 Å². The minimum Gasteiger partial charge on any atom is -0.309 e. The van der Waals surface area contributed by atoms with E-state index in [2.05, 4.69) is 56.1 Å². The molecule has 1 N–H and O–H groups in total. The van der Waals surface area contributed by atoms with Crippen LogP contribution in [0.2, 0.25) is 0 Å². The molecule has 0 heterocycles. The summed E-state index contributed by atoms with van der Waals surface area (Å²) in [5, 5.41) is 3.68. The fourth-order valence-electron chi connectivity index (χ4n) is 2.90. The summed E-state index contributed by atoms with van der Waals surface area (Å²) in [7, 11) is 0. The van der Waals surface area contributed by atoms with Crippen molar-refractivity contribution in [2.45, 2.75) is 59.0 Å². The summed E-state index contributed by atoms with van der Waals surface area (Å²) in [6, 6.07) is 8.23. The van der Waals surface area contributed by atoms with Gasteiger partial charge in [-0.15, -0.1) is 0 Å². The lowest BCUT2D eigenvalue weighted by Gasteiger charge is -2.28. The number of aryl methyl sites for hydroxylation is 2. The van der Waals surface area contributed by atoms with Crippen molar-refractivity contribution in [3.63, 3.8) is 0 Å². The van der Waals surface area contributed by atoms with Gasteiger partial charge in [-0.2, -0.15) is 0 Å². The summed E-state index contributed by atoms with van der Waals surface area (Å²) in [4.78, 5) is 2.68. The Balaban J connectivity index is 2.10.